The predicted octanol–water partition coefficient (Wildman–Crippen LogP) is 2.29. The molecule has 15 heavy (non-hydrogen) atoms. The minimum atomic E-state index is -0.149. The SMILES string of the molecule is CN1CCc2c([nH]c3c(F)cccc23)C1. The van der Waals surface area contributed by atoms with Crippen molar-refractivity contribution in [1.82, 2.24) is 9.88 Å². The van der Waals surface area contributed by atoms with Gasteiger partial charge in [0.2, 0.25) is 0 Å². The first kappa shape index (κ1) is 8.92. The van der Waals surface area contributed by atoms with Gasteiger partial charge in [-0.25, -0.2) is 4.39 Å². The van der Waals surface area contributed by atoms with Crippen molar-refractivity contribution in [2.75, 3.05) is 13.6 Å². The minimum Gasteiger partial charge on any atom is -0.355 e. The highest BCUT2D eigenvalue weighted by Crippen LogP contribution is 2.28. The predicted molar refractivity (Wildman–Crippen MR) is 58.3 cm³/mol. The molecule has 0 amide bonds. The first-order chi connectivity index (χ1) is 7.25. The first-order valence-corrected chi connectivity index (χ1v) is 5.22. The fraction of sp³-hybridized carbons (Fsp3) is 0.333. The van der Waals surface area contributed by atoms with Crippen molar-refractivity contribution < 1.29 is 4.39 Å². The highest BCUT2D eigenvalue weighted by molar-refractivity contribution is 5.85. The van der Waals surface area contributed by atoms with Gasteiger partial charge in [-0.3, -0.25) is 0 Å². The lowest BCUT2D eigenvalue weighted by molar-refractivity contribution is 0.310. The summed E-state index contributed by atoms with van der Waals surface area (Å²) in [6.45, 7) is 1.94. The number of nitrogens with one attached hydrogen (secondary N) is 1. The van der Waals surface area contributed by atoms with Crippen molar-refractivity contribution in [1.29, 1.82) is 0 Å². The number of fused-ring (bicyclic) bond motifs is 3. The van der Waals surface area contributed by atoms with Crippen molar-refractivity contribution in [3.05, 3.63) is 35.3 Å². The number of aromatic amines is 1. The molecule has 0 saturated carbocycles. The van der Waals surface area contributed by atoms with Gasteiger partial charge in [-0.1, -0.05) is 12.1 Å². The van der Waals surface area contributed by atoms with Crippen LogP contribution in [0.25, 0.3) is 10.9 Å². The zero-order valence-corrected chi connectivity index (χ0v) is 8.68. The number of H-pyrrole nitrogens is 1. The Kier molecular flexibility index (Phi) is 1.83. The van der Waals surface area contributed by atoms with Crippen molar-refractivity contribution in [2.24, 2.45) is 0 Å². The monoisotopic (exact) mass is 204 g/mol. The maximum absolute atomic E-state index is 13.5. The summed E-state index contributed by atoms with van der Waals surface area (Å²) in [6.07, 6.45) is 1.01. The molecule has 1 N–H and O–H groups in total. The van der Waals surface area contributed by atoms with Crippen LogP contribution in [0.15, 0.2) is 18.2 Å². The molecule has 1 aliphatic rings. The van der Waals surface area contributed by atoms with Crippen molar-refractivity contribution in [3.8, 4) is 0 Å². The molecule has 3 rings (SSSR count). The molecule has 3 heteroatoms. The summed E-state index contributed by atoms with van der Waals surface area (Å²) < 4.78 is 13.5. The lowest BCUT2D eigenvalue weighted by Gasteiger charge is -2.22. The number of para-hydroxylation sites is 1. The van der Waals surface area contributed by atoms with Gasteiger partial charge in [-0.15, -0.1) is 0 Å². The number of nitrogens with zero attached hydrogens (tertiary/aromatic N) is 1. The third-order valence-electron chi connectivity index (χ3n) is 3.15. The second-order valence-electron chi connectivity index (χ2n) is 4.23. The van der Waals surface area contributed by atoms with Crippen LogP contribution in [-0.4, -0.2) is 23.5 Å². The Morgan fingerprint density at radius 2 is 2.27 bits per heavy atom. The molecule has 0 atom stereocenters. The second kappa shape index (κ2) is 3.07. The first-order valence-electron chi connectivity index (χ1n) is 5.22. The van der Waals surface area contributed by atoms with Crippen LogP contribution in [0.3, 0.4) is 0 Å². The second-order valence-corrected chi connectivity index (χ2v) is 4.23. The largest absolute Gasteiger partial charge is 0.355 e. The lowest BCUT2D eigenvalue weighted by Crippen LogP contribution is -2.26. The van der Waals surface area contributed by atoms with Gasteiger partial charge >= 0.3 is 0 Å². The molecule has 0 fully saturated rings. The standard InChI is InChI=1S/C12H13FN2/c1-15-6-5-8-9-3-2-4-10(13)12(9)14-11(8)7-15/h2-4,14H,5-7H2,1H3. The average Bonchev–Trinajstić information content (AvgIpc) is 2.57. The van der Waals surface area contributed by atoms with Gasteiger partial charge in [-0.2, -0.15) is 0 Å². The molecular formula is C12H13FN2. The summed E-state index contributed by atoms with van der Waals surface area (Å²) in [4.78, 5) is 5.44. The summed E-state index contributed by atoms with van der Waals surface area (Å²) in [7, 11) is 2.09. The number of likely N-dealkylation sites (N-methyl/N-ethyl adjacent to an activating group) is 1. The molecule has 0 saturated heterocycles. The Labute approximate surface area is 87.7 Å². The molecule has 0 spiro atoms. The zero-order chi connectivity index (χ0) is 10.4. The number of rotatable bonds is 0. The van der Waals surface area contributed by atoms with Crippen LogP contribution in [-0.2, 0) is 13.0 Å². The van der Waals surface area contributed by atoms with E-state index in [0.29, 0.717) is 5.52 Å². The normalized spacial score (nSPS) is 16.9. The molecule has 1 aromatic heterocycles. The highest BCUT2D eigenvalue weighted by Gasteiger charge is 2.19. The fourth-order valence-corrected chi connectivity index (χ4v) is 2.36. The third kappa shape index (κ3) is 1.27. The number of hydrogen-bond donors (Lipinski definition) is 1. The van der Waals surface area contributed by atoms with E-state index in [9.17, 15) is 4.39 Å². The molecule has 0 bridgehead atoms. The van der Waals surface area contributed by atoms with Crippen LogP contribution in [0, 0.1) is 5.82 Å². The minimum absolute atomic E-state index is 0.149. The Bertz CT molecular complexity index is 516. The average molecular weight is 204 g/mol. The number of benzene rings is 1. The number of hydrogen-bond acceptors (Lipinski definition) is 1. The Hall–Kier alpha value is -1.35. The Morgan fingerprint density at radius 3 is 3.13 bits per heavy atom. The van der Waals surface area contributed by atoms with Crippen molar-refractivity contribution in [3.63, 3.8) is 0 Å². The highest BCUT2D eigenvalue weighted by atomic mass is 19.1. The van der Waals surface area contributed by atoms with Gasteiger partial charge in [0.05, 0.1) is 5.52 Å². The zero-order valence-electron chi connectivity index (χ0n) is 8.68. The van der Waals surface area contributed by atoms with E-state index in [0.717, 1.165) is 24.9 Å². The van der Waals surface area contributed by atoms with Crippen molar-refractivity contribution >= 4 is 10.9 Å². The van der Waals surface area contributed by atoms with E-state index in [2.05, 4.69) is 16.9 Å². The van der Waals surface area contributed by atoms with E-state index in [4.69, 9.17) is 0 Å². The van der Waals surface area contributed by atoms with Gasteiger partial charge in [0.15, 0.2) is 0 Å². The van der Waals surface area contributed by atoms with Gasteiger partial charge in [0.1, 0.15) is 5.82 Å². The van der Waals surface area contributed by atoms with E-state index < -0.39 is 0 Å². The van der Waals surface area contributed by atoms with E-state index in [1.54, 1.807) is 6.07 Å². The van der Waals surface area contributed by atoms with E-state index >= 15 is 0 Å². The molecule has 1 aliphatic heterocycles. The van der Waals surface area contributed by atoms with Crippen molar-refractivity contribution in [2.45, 2.75) is 13.0 Å². The maximum atomic E-state index is 13.5. The summed E-state index contributed by atoms with van der Waals surface area (Å²) in [5.41, 5.74) is 3.13. The molecule has 0 aliphatic carbocycles. The summed E-state index contributed by atoms with van der Waals surface area (Å²) in [5.74, 6) is -0.149. The Morgan fingerprint density at radius 1 is 1.40 bits per heavy atom. The van der Waals surface area contributed by atoms with Gasteiger partial charge in [0.25, 0.3) is 0 Å². The molecule has 0 unspecified atom stereocenters. The number of aromatic nitrogens is 1. The van der Waals surface area contributed by atoms with E-state index in [-0.39, 0.29) is 5.82 Å². The molecule has 2 aromatic rings. The van der Waals surface area contributed by atoms with Crippen LogP contribution in [0.1, 0.15) is 11.3 Å². The lowest BCUT2D eigenvalue weighted by atomic mass is 10.0. The third-order valence-corrected chi connectivity index (χ3v) is 3.15. The molecule has 1 aromatic carbocycles. The molecule has 78 valence electrons. The summed E-state index contributed by atoms with van der Waals surface area (Å²) in [6, 6.07) is 5.29. The smallest absolute Gasteiger partial charge is 0.147 e. The maximum Gasteiger partial charge on any atom is 0.147 e. The van der Waals surface area contributed by atoms with Crippen LogP contribution in [0.5, 0.6) is 0 Å². The van der Waals surface area contributed by atoms with Gasteiger partial charge in [0, 0.05) is 24.2 Å². The van der Waals surface area contributed by atoms with E-state index in [1.807, 2.05) is 6.07 Å². The molecule has 2 nitrogen and oxygen atoms in total. The Balaban J connectivity index is 2.27. The van der Waals surface area contributed by atoms with Crippen LogP contribution >= 0.6 is 0 Å². The summed E-state index contributed by atoms with van der Waals surface area (Å²) in [5, 5.41) is 1.05. The number of halogens is 1. The van der Waals surface area contributed by atoms with Crippen LogP contribution in [0.2, 0.25) is 0 Å². The quantitative estimate of drug-likeness (QED) is 0.697. The molecular weight excluding hydrogens is 191 g/mol. The van der Waals surface area contributed by atoms with E-state index in [1.165, 1.54) is 17.3 Å². The molecule has 0 radical (unpaired) electrons. The van der Waals surface area contributed by atoms with Crippen LogP contribution < -0.4 is 0 Å². The fourth-order valence-electron chi connectivity index (χ4n) is 2.36. The summed E-state index contributed by atoms with van der Waals surface area (Å²) >= 11 is 0. The topological polar surface area (TPSA) is 19.0 Å². The van der Waals surface area contributed by atoms with Gasteiger partial charge in [-0.05, 0) is 25.1 Å². The van der Waals surface area contributed by atoms with Crippen LogP contribution in [0.4, 0.5) is 4.39 Å². The van der Waals surface area contributed by atoms with Gasteiger partial charge < -0.3 is 9.88 Å². The molecule has 2 heterocycles.